The maximum absolute atomic E-state index is 13.5. The van der Waals surface area contributed by atoms with Gasteiger partial charge in [0.15, 0.2) is 0 Å². The molecule has 7 heteroatoms. The lowest BCUT2D eigenvalue weighted by molar-refractivity contribution is -0.118. The van der Waals surface area contributed by atoms with E-state index in [-0.39, 0.29) is 17.5 Å². The molecule has 1 aliphatic rings. The van der Waals surface area contributed by atoms with Crippen LogP contribution in [0.1, 0.15) is 58.2 Å². The van der Waals surface area contributed by atoms with E-state index in [9.17, 15) is 14.4 Å². The number of fused-ring (bicyclic) bond motifs is 1. The van der Waals surface area contributed by atoms with Gasteiger partial charge in [0.2, 0.25) is 5.91 Å². The van der Waals surface area contributed by atoms with Crippen LogP contribution in [0, 0.1) is 13.8 Å². The molecule has 4 aromatic carbocycles. The minimum atomic E-state index is -2.78. The summed E-state index contributed by atoms with van der Waals surface area (Å²) >= 11 is 0. The van der Waals surface area contributed by atoms with E-state index < -0.39 is 20.1 Å². The number of imide groups is 1. The minimum Gasteiger partial charge on any atom is -0.403 e. The monoisotopic (exact) mass is 590 g/mol. The van der Waals surface area contributed by atoms with Gasteiger partial charge in [-0.05, 0) is 64.1 Å². The normalized spacial score (nSPS) is 13.3. The maximum Gasteiger partial charge on any atom is 0.262 e. The van der Waals surface area contributed by atoms with Gasteiger partial charge in [-0.25, -0.2) is 0 Å². The summed E-state index contributed by atoms with van der Waals surface area (Å²) in [6, 6.07) is 31.6. The highest BCUT2D eigenvalue weighted by molar-refractivity contribution is 6.99. The Hall–Kier alpha value is -4.33. The highest BCUT2D eigenvalue weighted by atomic mass is 28.4. The Morgan fingerprint density at radius 1 is 0.767 bits per heavy atom. The first kappa shape index (κ1) is 30.1. The lowest BCUT2D eigenvalue weighted by atomic mass is 10.0. The van der Waals surface area contributed by atoms with Crippen molar-refractivity contribution >= 4 is 42.1 Å². The number of carbonyl (C=O) groups excluding carboxylic acids is 3. The van der Waals surface area contributed by atoms with Crippen molar-refractivity contribution in [3.05, 3.63) is 125 Å². The summed E-state index contributed by atoms with van der Waals surface area (Å²) < 4.78 is 7.22. The second kappa shape index (κ2) is 11.7. The highest BCUT2D eigenvalue weighted by Gasteiger charge is 2.50. The molecule has 0 fully saturated rings. The fourth-order valence-electron chi connectivity index (χ4n) is 6.17. The summed E-state index contributed by atoms with van der Waals surface area (Å²) in [5.74, 6) is -1.23. The number of aryl methyl sites for hydroxylation is 1. The summed E-state index contributed by atoms with van der Waals surface area (Å²) in [5.41, 5.74) is 4.39. The van der Waals surface area contributed by atoms with E-state index in [4.69, 9.17) is 4.43 Å². The number of hydrogen-bond acceptors (Lipinski definition) is 4. The van der Waals surface area contributed by atoms with Gasteiger partial charge in [-0.1, -0.05) is 99.6 Å². The molecule has 0 radical (unpaired) electrons. The minimum absolute atomic E-state index is 0.172. The van der Waals surface area contributed by atoms with Gasteiger partial charge in [-0.3, -0.25) is 19.3 Å². The van der Waals surface area contributed by atoms with Gasteiger partial charge < -0.3 is 9.33 Å². The Morgan fingerprint density at radius 3 is 1.74 bits per heavy atom. The third kappa shape index (κ3) is 5.35. The van der Waals surface area contributed by atoms with Crippen molar-refractivity contribution in [2.24, 2.45) is 0 Å². The molecule has 1 heterocycles. The number of hydrogen-bond donors (Lipinski definition) is 0. The molecule has 0 N–H and O–H groups in total. The molecular formula is C36H38N2O4Si. The average Bonchev–Trinajstić information content (AvgIpc) is 3.23. The lowest BCUT2D eigenvalue weighted by Gasteiger charge is -2.43. The molecule has 0 bridgehead atoms. The van der Waals surface area contributed by atoms with Gasteiger partial charge in [-0.15, -0.1) is 0 Å². The van der Waals surface area contributed by atoms with Crippen LogP contribution in [0.2, 0.25) is 5.04 Å². The SMILES string of the molecule is Cc1ccc(N(C)C(=O)CN2C(=O)c3ccccc3C2=O)c(C)c1CO[Si](c1ccccc1)(c1ccccc1)C(C)(C)C. The van der Waals surface area contributed by atoms with Gasteiger partial charge in [0, 0.05) is 12.7 Å². The number of nitrogens with zero attached hydrogens (tertiary/aromatic N) is 2. The van der Waals surface area contributed by atoms with Gasteiger partial charge in [0.1, 0.15) is 6.54 Å². The van der Waals surface area contributed by atoms with Crippen molar-refractivity contribution in [1.29, 1.82) is 0 Å². The molecule has 220 valence electrons. The second-order valence-electron chi connectivity index (χ2n) is 12.2. The first-order valence-electron chi connectivity index (χ1n) is 14.5. The van der Waals surface area contributed by atoms with Crippen molar-refractivity contribution in [3.8, 4) is 0 Å². The van der Waals surface area contributed by atoms with Crippen LogP contribution in [-0.2, 0) is 15.8 Å². The zero-order chi connectivity index (χ0) is 30.9. The highest BCUT2D eigenvalue weighted by Crippen LogP contribution is 2.38. The number of carbonyl (C=O) groups is 3. The number of likely N-dealkylation sites (N-methyl/N-ethyl adjacent to an activating group) is 1. The predicted molar refractivity (Wildman–Crippen MR) is 174 cm³/mol. The second-order valence-corrected chi connectivity index (χ2v) is 16.5. The molecule has 4 aromatic rings. The quantitative estimate of drug-likeness (QED) is 0.197. The van der Waals surface area contributed by atoms with Crippen molar-refractivity contribution in [3.63, 3.8) is 0 Å². The van der Waals surface area contributed by atoms with Crippen LogP contribution in [0.4, 0.5) is 5.69 Å². The van der Waals surface area contributed by atoms with E-state index in [2.05, 4.69) is 76.2 Å². The van der Waals surface area contributed by atoms with Crippen molar-refractivity contribution < 1.29 is 18.8 Å². The zero-order valence-corrected chi connectivity index (χ0v) is 26.7. The molecule has 0 saturated heterocycles. The maximum atomic E-state index is 13.5. The topological polar surface area (TPSA) is 66.9 Å². The van der Waals surface area contributed by atoms with E-state index in [0.717, 1.165) is 21.6 Å². The Bertz CT molecular complexity index is 1600. The molecule has 0 unspecified atom stereocenters. The predicted octanol–water partition coefficient (Wildman–Crippen LogP) is 5.64. The van der Waals surface area contributed by atoms with E-state index in [0.29, 0.717) is 23.4 Å². The third-order valence-electron chi connectivity index (χ3n) is 8.56. The first-order valence-corrected chi connectivity index (χ1v) is 16.4. The molecule has 3 amide bonds. The largest absolute Gasteiger partial charge is 0.403 e. The molecule has 6 nitrogen and oxygen atoms in total. The molecule has 0 aliphatic carbocycles. The fraction of sp³-hybridized carbons (Fsp3) is 0.250. The van der Waals surface area contributed by atoms with E-state index >= 15 is 0 Å². The van der Waals surface area contributed by atoms with Crippen molar-refractivity contribution in [2.75, 3.05) is 18.5 Å². The molecule has 43 heavy (non-hydrogen) atoms. The Morgan fingerprint density at radius 2 is 1.26 bits per heavy atom. The van der Waals surface area contributed by atoms with Crippen LogP contribution in [0.5, 0.6) is 0 Å². The number of rotatable bonds is 8. The molecule has 1 aliphatic heterocycles. The Labute approximate surface area is 255 Å². The third-order valence-corrected chi connectivity index (χ3v) is 13.5. The molecule has 0 spiro atoms. The van der Waals surface area contributed by atoms with Crippen LogP contribution >= 0.6 is 0 Å². The van der Waals surface area contributed by atoms with Crippen LogP contribution in [0.15, 0.2) is 97.1 Å². The van der Waals surface area contributed by atoms with Gasteiger partial charge in [0.25, 0.3) is 20.1 Å². The van der Waals surface area contributed by atoms with Gasteiger partial charge >= 0.3 is 0 Å². The van der Waals surface area contributed by atoms with Gasteiger partial charge in [-0.2, -0.15) is 0 Å². The van der Waals surface area contributed by atoms with Crippen LogP contribution < -0.4 is 15.3 Å². The molecular weight excluding hydrogens is 552 g/mol. The number of amides is 3. The molecule has 0 saturated carbocycles. The van der Waals surface area contributed by atoms with E-state index in [1.807, 2.05) is 31.2 Å². The van der Waals surface area contributed by atoms with Crippen molar-refractivity contribution in [2.45, 2.75) is 46.3 Å². The fourth-order valence-corrected chi connectivity index (χ4v) is 10.7. The lowest BCUT2D eigenvalue weighted by Crippen LogP contribution is -2.66. The first-order chi connectivity index (χ1) is 20.5. The van der Waals surface area contributed by atoms with Crippen LogP contribution in [0.3, 0.4) is 0 Å². The Kier molecular flexibility index (Phi) is 8.23. The van der Waals surface area contributed by atoms with Crippen molar-refractivity contribution in [1.82, 2.24) is 4.90 Å². The molecule has 0 aromatic heterocycles. The summed E-state index contributed by atoms with van der Waals surface area (Å²) in [5, 5.41) is 2.23. The number of anilines is 1. The zero-order valence-electron chi connectivity index (χ0n) is 25.7. The summed E-state index contributed by atoms with van der Waals surface area (Å²) in [6.07, 6.45) is 0. The van der Waals surface area contributed by atoms with Crippen LogP contribution in [0.25, 0.3) is 0 Å². The summed E-state index contributed by atoms with van der Waals surface area (Å²) in [6.45, 7) is 10.9. The summed E-state index contributed by atoms with van der Waals surface area (Å²) in [7, 11) is -1.09. The van der Waals surface area contributed by atoms with Crippen LogP contribution in [-0.4, -0.2) is 44.5 Å². The summed E-state index contributed by atoms with van der Waals surface area (Å²) in [4.78, 5) is 41.8. The van der Waals surface area contributed by atoms with E-state index in [1.54, 1.807) is 31.3 Å². The molecule has 0 atom stereocenters. The van der Waals surface area contributed by atoms with Gasteiger partial charge in [0.05, 0.1) is 17.7 Å². The smallest absolute Gasteiger partial charge is 0.262 e. The standard InChI is InChI=1S/C36H38N2O4Si/c1-25-21-22-32(37(6)33(39)23-38-34(40)29-19-13-14-20-30(29)35(38)41)26(2)31(25)24-42-43(36(3,4)5,27-15-9-7-10-16-27)28-17-11-8-12-18-28/h7-22H,23-24H2,1-6H3. The molecule has 5 rings (SSSR count). The average molecular weight is 591 g/mol. The van der Waals surface area contributed by atoms with E-state index in [1.165, 1.54) is 15.3 Å². The number of benzene rings is 4. The Balaban J connectivity index is 1.45.